The van der Waals surface area contributed by atoms with Crippen LogP contribution < -0.4 is 0 Å². The molecule has 0 amide bonds. The summed E-state index contributed by atoms with van der Waals surface area (Å²) in [5.74, 6) is 0.0645. The Bertz CT molecular complexity index is 152. The molecule has 0 radical (unpaired) electrons. The molecule has 1 saturated heterocycles. The number of hydrogen-bond acceptors (Lipinski definition) is 4. The SMILES string of the molecule is O[C@@H]1[C@@H](O)[C@@H](O)O[C@H](CCl)[C@@H]1Cl. The number of aliphatic hydroxyl groups is 3. The third-order valence-electron chi connectivity index (χ3n) is 1.79. The van der Waals surface area contributed by atoms with Crippen molar-refractivity contribution in [2.24, 2.45) is 0 Å². The van der Waals surface area contributed by atoms with Crippen molar-refractivity contribution in [2.45, 2.75) is 30.0 Å². The Balaban J connectivity index is 2.63. The molecular formula is C6H10Cl2O4. The van der Waals surface area contributed by atoms with Gasteiger partial charge in [-0.05, 0) is 0 Å². The summed E-state index contributed by atoms with van der Waals surface area (Å²) in [6.45, 7) is 0. The molecule has 5 atom stereocenters. The second-order valence-corrected chi connectivity index (χ2v) is 3.46. The van der Waals surface area contributed by atoms with Gasteiger partial charge in [0, 0.05) is 0 Å². The molecule has 1 aliphatic rings. The molecule has 0 aromatic heterocycles. The predicted molar refractivity (Wildman–Crippen MR) is 43.3 cm³/mol. The van der Waals surface area contributed by atoms with Crippen molar-refractivity contribution in [1.29, 1.82) is 0 Å². The number of halogens is 2. The van der Waals surface area contributed by atoms with Crippen LogP contribution in [0.2, 0.25) is 0 Å². The monoisotopic (exact) mass is 216 g/mol. The molecule has 1 aliphatic heterocycles. The third kappa shape index (κ3) is 1.84. The normalized spacial score (nSPS) is 49.2. The van der Waals surface area contributed by atoms with E-state index in [-0.39, 0.29) is 5.88 Å². The summed E-state index contributed by atoms with van der Waals surface area (Å²) < 4.78 is 4.81. The molecule has 72 valence electrons. The van der Waals surface area contributed by atoms with Crippen LogP contribution in [-0.2, 0) is 4.74 Å². The average Bonchev–Trinajstić information content (AvgIpc) is 2.08. The van der Waals surface area contributed by atoms with E-state index in [9.17, 15) is 5.11 Å². The molecule has 0 bridgehead atoms. The Morgan fingerprint density at radius 3 is 2.25 bits per heavy atom. The highest BCUT2D eigenvalue weighted by molar-refractivity contribution is 6.23. The molecule has 0 saturated carbocycles. The lowest BCUT2D eigenvalue weighted by Gasteiger charge is -2.37. The first kappa shape index (κ1) is 10.5. The molecule has 0 spiro atoms. The molecule has 1 fully saturated rings. The van der Waals surface area contributed by atoms with Gasteiger partial charge in [0.2, 0.25) is 0 Å². The van der Waals surface area contributed by atoms with Gasteiger partial charge in [0.05, 0.1) is 17.4 Å². The van der Waals surface area contributed by atoms with E-state index in [1.165, 1.54) is 0 Å². The van der Waals surface area contributed by atoms with Crippen molar-refractivity contribution >= 4 is 23.2 Å². The van der Waals surface area contributed by atoms with Gasteiger partial charge < -0.3 is 20.1 Å². The standard InChI is InChI=1S/C6H10Cl2O4/c7-1-2-3(8)4(9)5(10)6(11)12-2/h2-6,9-11H,1H2/t2-,3+,4+,5-,6+/m1/s1. The first-order valence-electron chi connectivity index (χ1n) is 3.47. The van der Waals surface area contributed by atoms with Crippen molar-refractivity contribution in [2.75, 3.05) is 5.88 Å². The van der Waals surface area contributed by atoms with Gasteiger partial charge >= 0.3 is 0 Å². The fourth-order valence-electron chi connectivity index (χ4n) is 1.03. The topological polar surface area (TPSA) is 69.9 Å². The van der Waals surface area contributed by atoms with Gasteiger partial charge in [-0.25, -0.2) is 0 Å². The Kier molecular flexibility index (Phi) is 3.58. The van der Waals surface area contributed by atoms with Gasteiger partial charge in [0.25, 0.3) is 0 Å². The molecule has 12 heavy (non-hydrogen) atoms. The molecule has 0 aliphatic carbocycles. The minimum Gasteiger partial charge on any atom is -0.389 e. The van der Waals surface area contributed by atoms with Gasteiger partial charge in [0.15, 0.2) is 6.29 Å². The fraction of sp³-hybridized carbons (Fsp3) is 1.00. The highest BCUT2D eigenvalue weighted by atomic mass is 35.5. The summed E-state index contributed by atoms with van der Waals surface area (Å²) in [5.41, 5.74) is 0. The lowest BCUT2D eigenvalue weighted by atomic mass is 10.0. The molecule has 1 rings (SSSR count). The minimum absolute atomic E-state index is 0.0645. The molecule has 6 heteroatoms. The van der Waals surface area contributed by atoms with Gasteiger partial charge in [-0.1, -0.05) is 0 Å². The van der Waals surface area contributed by atoms with Crippen LogP contribution in [-0.4, -0.2) is 51.2 Å². The molecule has 0 aromatic rings. The minimum atomic E-state index is -1.42. The van der Waals surface area contributed by atoms with E-state index in [0.717, 1.165) is 0 Å². The van der Waals surface area contributed by atoms with Crippen molar-refractivity contribution in [3.8, 4) is 0 Å². The molecule has 4 nitrogen and oxygen atoms in total. The zero-order chi connectivity index (χ0) is 9.30. The number of aliphatic hydroxyl groups excluding tert-OH is 3. The summed E-state index contributed by atoms with van der Waals surface area (Å²) in [6.07, 6.45) is -4.63. The van der Waals surface area contributed by atoms with Crippen LogP contribution in [0.15, 0.2) is 0 Å². The summed E-state index contributed by atoms with van der Waals surface area (Å²) in [4.78, 5) is 0. The highest BCUT2D eigenvalue weighted by Crippen LogP contribution is 2.24. The molecule has 0 aromatic carbocycles. The maximum absolute atomic E-state index is 9.24. The van der Waals surface area contributed by atoms with Crippen LogP contribution in [0.1, 0.15) is 0 Å². The fourth-order valence-corrected chi connectivity index (χ4v) is 1.69. The van der Waals surface area contributed by atoms with E-state index in [2.05, 4.69) is 0 Å². The first-order chi connectivity index (χ1) is 5.57. The van der Waals surface area contributed by atoms with Crippen molar-refractivity contribution < 1.29 is 20.1 Å². The zero-order valence-corrected chi connectivity index (χ0v) is 7.61. The van der Waals surface area contributed by atoms with Crippen molar-refractivity contribution in [1.82, 2.24) is 0 Å². The lowest BCUT2D eigenvalue weighted by molar-refractivity contribution is -0.239. The predicted octanol–water partition coefficient (Wildman–Crippen LogP) is -0.728. The van der Waals surface area contributed by atoms with Crippen LogP contribution in [0.3, 0.4) is 0 Å². The average molecular weight is 217 g/mol. The Morgan fingerprint density at radius 1 is 1.17 bits per heavy atom. The van der Waals surface area contributed by atoms with Gasteiger partial charge in [0.1, 0.15) is 12.2 Å². The van der Waals surface area contributed by atoms with E-state index in [1.54, 1.807) is 0 Å². The quantitative estimate of drug-likeness (QED) is 0.506. The van der Waals surface area contributed by atoms with Crippen LogP contribution in [0, 0.1) is 0 Å². The van der Waals surface area contributed by atoms with E-state index >= 15 is 0 Å². The largest absolute Gasteiger partial charge is 0.389 e. The van der Waals surface area contributed by atoms with E-state index in [1.807, 2.05) is 0 Å². The lowest BCUT2D eigenvalue weighted by Crippen LogP contribution is -2.55. The first-order valence-corrected chi connectivity index (χ1v) is 4.44. The zero-order valence-electron chi connectivity index (χ0n) is 6.10. The molecule has 1 heterocycles. The van der Waals surface area contributed by atoms with Crippen molar-refractivity contribution in [3.05, 3.63) is 0 Å². The smallest absolute Gasteiger partial charge is 0.183 e. The second kappa shape index (κ2) is 4.09. The molecule has 3 N–H and O–H groups in total. The third-order valence-corrected chi connectivity index (χ3v) is 2.63. The molecular weight excluding hydrogens is 207 g/mol. The van der Waals surface area contributed by atoms with Gasteiger partial charge in [-0.15, -0.1) is 23.2 Å². The Hall–Kier alpha value is 0.420. The van der Waals surface area contributed by atoms with Crippen molar-refractivity contribution in [3.63, 3.8) is 0 Å². The van der Waals surface area contributed by atoms with Gasteiger partial charge in [-0.2, -0.15) is 0 Å². The van der Waals surface area contributed by atoms with Crippen LogP contribution >= 0.6 is 23.2 Å². The summed E-state index contributed by atoms with van der Waals surface area (Å²) in [7, 11) is 0. The van der Waals surface area contributed by atoms with Gasteiger partial charge in [-0.3, -0.25) is 0 Å². The number of alkyl halides is 2. The van der Waals surface area contributed by atoms with E-state index < -0.39 is 30.0 Å². The number of rotatable bonds is 1. The second-order valence-electron chi connectivity index (χ2n) is 2.65. The van der Waals surface area contributed by atoms with E-state index in [0.29, 0.717) is 0 Å². The Morgan fingerprint density at radius 2 is 1.75 bits per heavy atom. The molecule has 0 unspecified atom stereocenters. The highest BCUT2D eigenvalue weighted by Gasteiger charge is 2.42. The number of hydrogen-bond donors (Lipinski definition) is 3. The number of ether oxygens (including phenoxy) is 1. The summed E-state index contributed by atoms with van der Waals surface area (Å²) >= 11 is 11.1. The summed E-state index contributed by atoms with van der Waals surface area (Å²) in [5, 5.41) is 26.5. The Labute approximate surface area is 79.7 Å². The van der Waals surface area contributed by atoms with Crippen LogP contribution in [0.4, 0.5) is 0 Å². The van der Waals surface area contributed by atoms with Crippen LogP contribution in [0.25, 0.3) is 0 Å². The van der Waals surface area contributed by atoms with Crippen LogP contribution in [0.5, 0.6) is 0 Å². The maximum atomic E-state index is 9.24. The summed E-state index contributed by atoms with van der Waals surface area (Å²) in [6, 6.07) is 0. The van der Waals surface area contributed by atoms with E-state index in [4.69, 9.17) is 38.2 Å². The maximum Gasteiger partial charge on any atom is 0.183 e.